The second-order valence-corrected chi connectivity index (χ2v) is 4.49. The molecule has 0 heterocycles. The van der Waals surface area contributed by atoms with E-state index in [0.29, 0.717) is 12.2 Å². The van der Waals surface area contributed by atoms with E-state index in [2.05, 4.69) is 0 Å². The molecule has 0 spiro atoms. The SMILES string of the molecule is CCN(CC(N)=O)c1cc(OC(C)C)c(F)cc1N. The summed E-state index contributed by atoms with van der Waals surface area (Å²) in [5.74, 6) is -0.885. The zero-order valence-electron chi connectivity index (χ0n) is 11.4. The van der Waals surface area contributed by atoms with E-state index >= 15 is 0 Å². The fourth-order valence-electron chi connectivity index (χ4n) is 1.73. The normalized spacial score (nSPS) is 10.6. The zero-order valence-corrected chi connectivity index (χ0v) is 11.4. The summed E-state index contributed by atoms with van der Waals surface area (Å²) in [5.41, 5.74) is 11.7. The molecule has 4 N–H and O–H groups in total. The number of likely N-dealkylation sites (N-methyl/N-ethyl adjacent to an activating group) is 1. The highest BCUT2D eigenvalue weighted by molar-refractivity contribution is 5.82. The van der Waals surface area contributed by atoms with Crippen molar-refractivity contribution in [3.8, 4) is 5.75 Å². The highest BCUT2D eigenvalue weighted by Gasteiger charge is 2.16. The zero-order chi connectivity index (χ0) is 14.6. The van der Waals surface area contributed by atoms with Crippen molar-refractivity contribution in [2.75, 3.05) is 23.7 Å². The molecular weight excluding hydrogens is 249 g/mol. The lowest BCUT2D eigenvalue weighted by Gasteiger charge is -2.24. The van der Waals surface area contributed by atoms with Crippen LogP contribution in [0, 0.1) is 5.82 Å². The molecule has 6 heteroatoms. The first-order chi connectivity index (χ1) is 8.85. The molecule has 5 nitrogen and oxygen atoms in total. The summed E-state index contributed by atoms with van der Waals surface area (Å²) in [7, 11) is 0. The number of nitrogen functional groups attached to an aromatic ring is 1. The van der Waals surface area contributed by atoms with Crippen LogP contribution in [0.3, 0.4) is 0 Å². The van der Waals surface area contributed by atoms with Crippen LogP contribution in [0.1, 0.15) is 20.8 Å². The summed E-state index contributed by atoms with van der Waals surface area (Å²) in [6.45, 7) is 6.01. The van der Waals surface area contributed by atoms with Crippen LogP contribution in [0.4, 0.5) is 15.8 Å². The topological polar surface area (TPSA) is 81.6 Å². The lowest BCUT2D eigenvalue weighted by Crippen LogP contribution is -2.34. The van der Waals surface area contributed by atoms with Crippen molar-refractivity contribution < 1.29 is 13.9 Å². The molecule has 0 radical (unpaired) electrons. The van der Waals surface area contributed by atoms with Crippen LogP contribution >= 0.6 is 0 Å². The molecular formula is C13H20FN3O2. The predicted molar refractivity (Wildman–Crippen MR) is 73.7 cm³/mol. The first kappa shape index (κ1) is 15.1. The number of anilines is 2. The summed E-state index contributed by atoms with van der Waals surface area (Å²) in [4.78, 5) is 12.7. The Labute approximate surface area is 112 Å². The maximum atomic E-state index is 13.7. The fraction of sp³-hybridized carbons (Fsp3) is 0.462. The lowest BCUT2D eigenvalue weighted by atomic mass is 10.2. The molecule has 0 unspecified atom stereocenters. The van der Waals surface area contributed by atoms with E-state index in [-0.39, 0.29) is 24.1 Å². The number of halogens is 1. The van der Waals surface area contributed by atoms with Crippen LogP contribution in [0.25, 0.3) is 0 Å². The largest absolute Gasteiger partial charge is 0.488 e. The molecule has 0 aliphatic carbocycles. The number of nitrogens with two attached hydrogens (primary N) is 2. The third-order valence-electron chi connectivity index (χ3n) is 2.51. The average Bonchev–Trinajstić information content (AvgIpc) is 2.29. The van der Waals surface area contributed by atoms with Crippen LogP contribution < -0.4 is 21.1 Å². The van der Waals surface area contributed by atoms with Gasteiger partial charge in [0, 0.05) is 18.7 Å². The summed E-state index contributed by atoms with van der Waals surface area (Å²) in [5, 5.41) is 0. The number of rotatable bonds is 6. The van der Waals surface area contributed by atoms with Crippen LogP contribution in [0.5, 0.6) is 5.75 Å². The predicted octanol–water partition coefficient (Wildman–Crippen LogP) is 1.51. The van der Waals surface area contributed by atoms with Gasteiger partial charge in [-0.15, -0.1) is 0 Å². The van der Waals surface area contributed by atoms with Gasteiger partial charge in [-0.2, -0.15) is 0 Å². The van der Waals surface area contributed by atoms with E-state index in [1.807, 2.05) is 6.92 Å². The molecule has 1 aromatic rings. The second kappa shape index (κ2) is 6.26. The van der Waals surface area contributed by atoms with E-state index < -0.39 is 11.7 Å². The fourth-order valence-corrected chi connectivity index (χ4v) is 1.73. The van der Waals surface area contributed by atoms with Crippen molar-refractivity contribution in [2.24, 2.45) is 5.73 Å². The van der Waals surface area contributed by atoms with E-state index in [4.69, 9.17) is 16.2 Å². The number of carbonyl (C=O) groups excluding carboxylic acids is 1. The van der Waals surface area contributed by atoms with Crippen molar-refractivity contribution in [1.82, 2.24) is 0 Å². The number of benzene rings is 1. The quantitative estimate of drug-likeness (QED) is 0.767. The van der Waals surface area contributed by atoms with Crippen molar-refractivity contribution >= 4 is 17.3 Å². The molecule has 0 aliphatic rings. The Morgan fingerprint density at radius 3 is 2.58 bits per heavy atom. The standard InChI is InChI=1S/C13H20FN3O2/c1-4-17(7-13(16)18)11-6-12(19-8(2)3)9(14)5-10(11)15/h5-6,8H,4,7,15H2,1-3H3,(H2,16,18). The van der Waals surface area contributed by atoms with Gasteiger partial charge in [0.2, 0.25) is 5.91 Å². The summed E-state index contributed by atoms with van der Waals surface area (Å²) in [6, 6.07) is 2.69. The van der Waals surface area contributed by atoms with Gasteiger partial charge in [0.25, 0.3) is 0 Å². The lowest BCUT2D eigenvalue weighted by molar-refractivity contribution is -0.116. The Morgan fingerprint density at radius 2 is 2.11 bits per heavy atom. The van der Waals surface area contributed by atoms with Gasteiger partial charge < -0.3 is 21.1 Å². The van der Waals surface area contributed by atoms with Crippen LogP contribution in [-0.2, 0) is 4.79 Å². The van der Waals surface area contributed by atoms with Crippen molar-refractivity contribution in [3.05, 3.63) is 17.9 Å². The van der Waals surface area contributed by atoms with Crippen molar-refractivity contribution in [1.29, 1.82) is 0 Å². The first-order valence-electron chi connectivity index (χ1n) is 6.14. The molecule has 0 aromatic heterocycles. The van der Waals surface area contributed by atoms with Gasteiger partial charge in [-0.25, -0.2) is 4.39 Å². The molecule has 0 aliphatic heterocycles. The Morgan fingerprint density at radius 1 is 1.47 bits per heavy atom. The van der Waals surface area contributed by atoms with Crippen LogP contribution in [0.2, 0.25) is 0 Å². The molecule has 1 amide bonds. The second-order valence-electron chi connectivity index (χ2n) is 4.49. The molecule has 1 aromatic carbocycles. The average molecular weight is 269 g/mol. The monoisotopic (exact) mass is 269 g/mol. The van der Waals surface area contributed by atoms with Gasteiger partial charge in [0.15, 0.2) is 11.6 Å². The molecule has 106 valence electrons. The third-order valence-corrected chi connectivity index (χ3v) is 2.51. The maximum absolute atomic E-state index is 13.7. The van der Waals surface area contributed by atoms with Gasteiger partial charge in [-0.05, 0) is 20.8 Å². The Hall–Kier alpha value is -1.98. The molecule has 19 heavy (non-hydrogen) atoms. The molecule has 1 rings (SSSR count). The van der Waals surface area contributed by atoms with Crippen LogP contribution in [0.15, 0.2) is 12.1 Å². The van der Waals surface area contributed by atoms with E-state index in [1.54, 1.807) is 18.7 Å². The minimum Gasteiger partial charge on any atom is -0.488 e. The first-order valence-corrected chi connectivity index (χ1v) is 6.14. The smallest absolute Gasteiger partial charge is 0.236 e. The number of carbonyl (C=O) groups is 1. The van der Waals surface area contributed by atoms with Gasteiger partial charge in [0.05, 0.1) is 24.0 Å². The number of amides is 1. The van der Waals surface area contributed by atoms with Gasteiger partial charge in [-0.3, -0.25) is 4.79 Å². The summed E-state index contributed by atoms with van der Waals surface area (Å²) < 4.78 is 19.1. The molecule has 0 saturated heterocycles. The number of hydrogen-bond donors (Lipinski definition) is 2. The Kier molecular flexibility index (Phi) is 4.97. The minimum absolute atomic E-state index is 0.0213. The molecule has 0 saturated carbocycles. The molecule has 0 bridgehead atoms. The van der Waals surface area contributed by atoms with Gasteiger partial charge in [-0.1, -0.05) is 0 Å². The van der Waals surface area contributed by atoms with Crippen molar-refractivity contribution in [3.63, 3.8) is 0 Å². The minimum atomic E-state index is -0.523. The van der Waals surface area contributed by atoms with Gasteiger partial charge >= 0.3 is 0 Å². The van der Waals surface area contributed by atoms with E-state index in [0.717, 1.165) is 0 Å². The Balaban J connectivity index is 3.14. The number of hydrogen-bond acceptors (Lipinski definition) is 4. The summed E-state index contributed by atoms with van der Waals surface area (Å²) in [6.07, 6.45) is -0.155. The third kappa shape index (κ3) is 4.01. The van der Waals surface area contributed by atoms with E-state index in [1.165, 1.54) is 12.1 Å². The number of ether oxygens (including phenoxy) is 1. The number of nitrogens with zero attached hydrogens (tertiary/aromatic N) is 1. The molecule has 0 fully saturated rings. The molecule has 0 atom stereocenters. The number of primary amides is 1. The highest BCUT2D eigenvalue weighted by atomic mass is 19.1. The van der Waals surface area contributed by atoms with E-state index in [9.17, 15) is 9.18 Å². The van der Waals surface area contributed by atoms with Crippen LogP contribution in [-0.4, -0.2) is 25.1 Å². The summed E-state index contributed by atoms with van der Waals surface area (Å²) >= 11 is 0. The highest BCUT2D eigenvalue weighted by Crippen LogP contribution is 2.31. The maximum Gasteiger partial charge on any atom is 0.236 e. The Bertz CT molecular complexity index is 463. The van der Waals surface area contributed by atoms with Gasteiger partial charge in [0.1, 0.15) is 0 Å². The van der Waals surface area contributed by atoms with Crippen molar-refractivity contribution in [2.45, 2.75) is 26.9 Å².